The maximum absolute atomic E-state index is 13.4. The van der Waals surface area contributed by atoms with Gasteiger partial charge >= 0.3 is 6.03 Å². The Hall–Kier alpha value is -2.61. The molecular weight excluding hydrogens is 385 g/mol. The third-order valence-corrected chi connectivity index (χ3v) is 5.28. The molecule has 1 aromatic heterocycles. The van der Waals surface area contributed by atoms with Crippen molar-refractivity contribution >= 4 is 29.3 Å². The van der Waals surface area contributed by atoms with Crippen LogP contribution in [0.25, 0.3) is 0 Å². The van der Waals surface area contributed by atoms with Gasteiger partial charge in [0.2, 0.25) is 5.95 Å². The Morgan fingerprint density at radius 3 is 2.75 bits per heavy atom. The van der Waals surface area contributed by atoms with Gasteiger partial charge in [-0.2, -0.15) is 0 Å². The maximum Gasteiger partial charge on any atom is 0.325 e. The van der Waals surface area contributed by atoms with Crippen molar-refractivity contribution in [2.24, 2.45) is 0 Å². The molecule has 0 radical (unpaired) electrons. The fraction of sp³-hybridized carbons (Fsp3) is 0.421. The van der Waals surface area contributed by atoms with E-state index in [9.17, 15) is 9.18 Å². The number of hydrogen-bond acceptors (Lipinski definition) is 5. The number of aromatic nitrogens is 2. The van der Waals surface area contributed by atoms with E-state index >= 15 is 0 Å². The highest BCUT2D eigenvalue weighted by molar-refractivity contribution is 6.30. The number of rotatable bonds is 1. The molecule has 9 heteroatoms. The first-order valence-corrected chi connectivity index (χ1v) is 9.56. The molecule has 2 aliphatic heterocycles. The molecule has 28 heavy (non-hydrogen) atoms. The minimum atomic E-state index is -0.419. The van der Waals surface area contributed by atoms with Crippen molar-refractivity contribution in [1.82, 2.24) is 14.9 Å². The molecular formula is C19H21ClFN5O2. The number of benzene rings is 1. The molecule has 0 bridgehead atoms. The Kier molecular flexibility index (Phi) is 4.97. The molecule has 2 amide bonds. The van der Waals surface area contributed by atoms with Gasteiger partial charge in [0.1, 0.15) is 12.4 Å². The Morgan fingerprint density at radius 2 is 2.04 bits per heavy atom. The molecule has 2 aliphatic rings. The van der Waals surface area contributed by atoms with Crippen LogP contribution in [0, 0.1) is 12.7 Å². The summed E-state index contributed by atoms with van der Waals surface area (Å²) >= 11 is 6.05. The van der Waals surface area contributed by atoms with Crippen LogP contribution < -0.4 is 14.5 Å². The summed E-state index contributed by atoms with van der Waals surface area (Å²) < 4.78 is 19.1. The van der Waals surface area contributed by atoms with E-state index in [1.54, 1.807) is 24.0 Å². The number of carbonyl (C=O) groups is 1. The normalized spacial score (nSPS) is 19.3. The third-order valence-electron chi connectivity index (χ3n) is 5.05. The molecule has 1 fully saturated rings. The standard InChI is InChI=1S/C19H21ClFN5O2/c1-12-11-28-17-9-14(20)3-4-16(17)26(12)19(27)25-7-5-24(6-8-25)18-22-10-15(21)13(2)23-18/h3-4,9-10,12H,5-8,11H2,1-2H3. The summed E-state index contributed by atoms with van der Waals surface area (Å²) in [5, 5.41) is 0.573. The summed E-state index contributed by atoms with van der Waals surface area (Å²) in [6, 6.07) is 5.16. The van der Waals surface area contributed by atoms with E-state index < -0.39 is 5.82 Å². The fourth-order valence-corrected chi connectivity index (χ4v) is 3.62. The van der Waals surface area contributed by atoms with Crippen molar-refractivity contribution in [2.75, 3.05) is 42.6 Å². The van der Waals surface area contributed by atoms with Gasteiger partial charge < -0.3 is 14.5 Å². The average molecular weight is 406 g/mol. The lowest BCUT2D eigenvalue weighted by Gasteiger charge is -2.41. The van der Waals surface area contributed by atoms with Crippen LogP contribution in [0.2, 0.25) is 5.02 Å². The summed E-state index contributed by atoms with van der Waals surface area (Å²) in [5.41, 5.74) is 1.05. The zero-order valence-electron chi connectivity index (χ0n) is 15.7. The van der Waals surface area contributed by atoms with Crippen LogP contribution >= 0.6 is 11.6 Å². The number of ether oxygens (including phenoxy) is 1. The third kappa shape index (κ3) is 3.44. The van der Waals surface area contributed by atoms with Crippen LogP contribution in [-0.4, -0.2) is 59.7 Å². The predicted molar refractivity (Wildman–Crippen MR) is 105 cm³/mol. The predicted octanol–water partition coefficient (Wildman–Crippen LogP) is 3.11. The molecule has 2 aromatic rings. The van der Waals surface area contributed by atoms with E-state index in [0.29, 0.717) is 55.2 Å². The first-order valence-electron chi connectivity index (χ1n) is 9.18. The van der Waals surface area contributed by atoms with Crippen LogP contribution in [0.15, 0.2) is 24.4 Å². The first-order chi connectivity index (χ1) is 13.4. The molecule has 7 nitrogen and oxygen atoms in total. The van der Waals surface area contributed by atoms with Crippen LogP contribution in [0.3, 0.4) is 0 Å². The molecule has 0 saturated carbocycles. The first kappa shape index (κ1) is 18.7. The highest BCUT2D eigenvalue weighted by atomic mass is 35.5. The van der Waals surface area contributed by atoms with Gasteiger partial charge in [-0.15, -0.1) is 0 Å². The van der Waals surface area contributed by atoms with Crippen LogP contribution in [0.4, 0.5) is 20.8 Å². The Balaban J connectivity index is 1.48. The maximum atomic E-state index is 13.4. The van der Waals surface area contributed by atoms with E-state index in [0.717, 1.165) is 5.69 Å². The van der Waals surface area contributed by atoms with Gasteiger partial charge in [0.05, 0.1) is 23.6 Å². The monoisotopic (exact) mass is 405 g/mol. The summed E-state index contributed by atoms with van der Waals surface area (Å²) in [6.45, 7) is 6.23. The smallest absolute Gasteiger partial charge is 0.325 e. The number of aryl methyl sites for hydroxylation is 1. The number of anilines is 2. The number of fused-ring (bicyclic) bond motifs is 1. The zero-order valence-corrected chi connectivity index (χ0v) is 16.5. The van der Waals surface area contributed by atoms with E-state index in [4.69, 9.17) is 16.3 Å². The summed E-state index contributed by atoms with van der Waals surface area (Å²) in [4.78, 5) is 27.0. The molecule has 1 unspecified atom stereocenters. The van der Waals surface area contributed by atoms with Crippen molar-refractivity contribution in [2.45, 2.75) is 19.9 Å². The summed E-state index contributed by atoms with van der Waals surface area (Å²) in [5.74, 6) is 0.691. The van der Waals surface area contributed by atoms with Crippen LogP contribution in [-0.2, 0) is 0 Å². The van der Waals surface area contributed by atoms with Gasteiger partial charge in [0.15, 0.2) is 5.82 Å². The van der Waals surface area contributed by atoms with E-state index in [1.165, 1.54) is 6.20 Å². The second kappa shape index (κ2) is 7.43. The summed E-state index contributed by atoms with van der Waals surface area (Å²) in [6.07, 6.45) is 1.19. The summed E-state index contributed by atoms with van der Waals surface area (Å²) in [7, 11) is 0. The lowest BCUT2D eigenvalue weighted by atomic mass is 10.1. The Bertz CT molecular complexity index is 904. The Morgan fingerprint density at radius 1 is 1.29 bits per heavy atom. The van der Waals surface area contributed by atoms with Gasteiger partial charge in [0.25, 0.3) is 0 Å². The van der Waals surface area contributed by atoms with Crippen molar-refractivity contribution in [1.29, 1.82) is 0 Å². The largest absolute Gasteiger partial charge is 0.489 e. The minimum absolute atomic E-state index is 0.0600. The molecule has 0 N–H and O–H groups in total. The molecule has 0 spiro atoms. The lowest BCUT2D eigenvalue weighted by molar-refractivity contribution is 0.190. The fourth-order valence-electron chi connectivity index (χ4n) is 3.46. The van der Waals surface area contributed by atoms with Crippen molar-refractivity contribution in [3.63, 3.8) is 0 Å². The topological polar surface area (TPSA) is 61.8 Å². The number of carbonyl (C=O) groups excluding carboxylic acids is 1. The number of amides is 2. The van der Waals surface area contributed by atoms with Gasteiger partial charge in [0, 0.05) is 37.3 Å². The van der Waals surface area contributed by atoms with Gasteiger partial charge in [-0.05, 0) is 26.0 Å². The SMILES string of the molecule is Cc1nc(N2CCN(C(=O)N3c4ccc(Cl)cc4OCC3C)CC2)ncc1F. The van der Waals surface area contributed by atoms with Crippen molar-refractivity contribution in [3.8, 4) is 5.75 Å². The minimum Gasteiger partial charge on any atom is -0.489 e. The molecule has 1 atom stereocenters. The molecule has 1 aromatic carbocycles. The number of halogens is 2. The second-order valence-corrected chi connectivity index (χ2v) is 7.44. The van der Waals surface area contributed by atoms with Crippen molar-refractivity contribution in [3.05, 3.63) is 40.9 Å². The average Bonchev–Trinajstić information content (AvgIpc) is 2.70. The highest BCUT2D eigenvalue weighted by Crippen LogP contribution is 2.36. The molecule has 1 saturated heterocycles. The van der Waals surface area contributed by atoms with E-state index in [2.05, 4.69) is 9.97 Å². The molecule has 4 rings (SSSR count). The molecule has 0 aliphatic carbocycles. The number of piperazine rings is 1. The van der Waals surface area contributed by atoms with E-state index in [-0.39, 0.29) is 12.1 Å². The van der Waals surface area contributed by atoms with Crippen LogP contribution in [0.5, 0.6) is 5.75 Å². The van der Waals surface area contributed by atoms with Crippen molar-refractivity contribution < 1.29 is 13.9 Å². The number of nitrogens with zero attached hydrogens (tertiary/aromatic N) is 5. The Labute approximate surface area is 167 Å². The highest BCUT2D eigenvalue weighted by Gasteiger charge is 2.34. The molecule has 3 heterocycles. The quantitative estimate of drug-likeness (QED) is 0.729. The second-order valence-electron chi connectivity index (χ2n) is 7.00. The van der Waals surface area contributed by atoms with Gasteiger partial charge in [-0.1, -0.05) is 11.6 Å². The van der Waals surface area contributed by atoms with Crippen LogP contribution in [0.1, 0.15) is 12.6 Å². The van der Waals surface area contributed by atoms with E-state index in [1.807, 2.05) is 22.8 Å². The van der Waals surface area contributed by atoms with Gasteiger partial charge in [-0.25, -0.2) is 19.2 Å². The lowest BCUT2D eigenvalue weighted by Crippen LogP contribution is -2.56. The molecule has 148 valence electrons. The number of hydrogen-bond donors (Lipinski definition) is 0. The number of urea groups is 1. The zero-order chi connectivity index (χ0) is 19.8. The van der Waals surface area contributed by atoms with Gasteiger partial charge in [-0.3, -0.25) is 4.90 Å².